The van der Waals surface area contributed by atoms with E-state index in [0.29, 0.717) is 11.1 Å². The quantitative estimate of drug-likeness (QED) is 0.615. The highest BCUT2D eigenvalue weighted by Gasteiger charge is 2.11. The van der Waals surface area contributed by atoms with Gasteiger partial charge in [0.25, 0.3) is 5.91 Å². The maximum Gasteiger partial charge on any atom is 0.266 e. The van der Waals surface area contributed by atoms with E-state index in [2.05, 4.69) is 17.3 Å². The largest absolute Gasteiger partial charge is 0.395 e. The molecule has 0 aliphatic heterocycles. The number of nitrogens with zero attached hydrogens (tertiary/aromatic N) is 1. The highest BCUT2D eigenvalue weighted by Crippen LogP contribution is 2.10. The van der Waals surface area contributed by atoms with Crippen molar-refractivity contribution in [3.8, 4) is 11.8 Å². The highest BCUT2D eigenvalue weighted by molar-refractivity contribution is 5.96. The molecule has 0 atom stereocenters. The topological polar surface area (TPSA) is 52.6 Å². The normalized spacial score (nSPS) is 9.83. The van der Waals surface area contributed by atoms with Gasteiger partial charge in [0.05, 0.1) is 12.2 Å². The SMILES string of the molecule is CN(C)NC(=O)c1ccc(F)cc1C#CCCO. The van der Waals surface area contributed by atoms with Gasteiger partial charge in [-0.25, -0.2) is 9.40 Å². The van der Waals surface area contributed by atoms with Crippen molar-refractivity contribution in [2.75, 3.05) is 20.7 Å². The Bertz CT molecular complexity index is 489. The Hall–Kier alpha value is -1.90. The number of hydrogen-bond acceptors (Lipinski definition) is 3. The van der Waals surface area contributed by atoms with Crippen LogP contribution in [0.2, 0.25) is 0 Å². The summed E-state index contributed by atoms with van der Waals surface area (Å²) in [7, 11) is 3.36. The fourth-order valence-corrected chi connectivity index (χ4v) is 1.29. The van der Waals surface area contributed by atoms with Gasteiger partial charge in [-0.1, -0.05) is 11.8 Å². The van der Waals surface area contributed by atoms with Crippen molar-refractivity contribution in [2.45, 2.75) is 6.42 Å². The van der Waals surface area contributed by atoms with E-state index in [1.54, 1.807) is 14.1 Å². The van der Waals surface area contributed by atoms with E-state index in [9.17, 15) is 9.18 Å². The molecule has 0 bridgehead atoms. The van der Waals surface area contributed by atoms with E-state index in [4.69, 9.17) is 5.11 Å². The number of carbonyl (C=O) groups is 1. The van der Waals surface area contributed by atoms with E-state index in [0.717, 1.165) is 0 Å². The van der Waals surface area contributed by atoms with Crippen LogP contribution in [-0.2, 0) is 0 Å². The highest BCUT2D eigenvalue weighted by atomic mass is 19.1. The zero-order valence-electron chi connectivity index (χ0n) is 10.3. The summed E-state index contributed by atoms with van der Waals surface area (Å²) < 4.78 is 13.1. The molecule has 1 amide bonds. The van der Waals surface area contributed by atoms with E-state index < -0.39 is 5.82 Å². The molecule has 4 nitrogen and oxygen atoms in total. The molecule has 1 rings (SSSR count). The van der Waals surface area contributed by atoms with Crippen molar-refractivity contribution in [1.82, 2.24) is 10.4 Å². The average molecular weight is 250 g/mol. The molecule has 0 aliphatic rings. The minimum atomic E-state index is -0.454. The molecule has 1 aromatic rings. The molecule has 0 aliphatic carbocycles. The molecule has 5 heteroatoms. The molecule has 2 N–H and O–H groups in total. The smallest absolute Gasteiger partial charge is 0.266 e. The zero-order valence-corrected chi connectivity index (χ0v) is 10.3. The molecule has 0 saturated heterocycles. The van der Waals surface area contributed by atoms with Crippen molar-refractivity contribution in [2.24, 2.45) is 0 Å². The van der Waals surface area contributed by atoms with Crippen molar-refractivity contribution in [3.63, 3.8) is 0 Å². The third-order valence-electron chi connectivity index (χ3n) is 2.01. The third kappa shape index (κ3) is 4.17. The summed E-state index contributed by atoms with van der Waals surface area (Å²) in [6.45, 7) is -0.0679. The first kappa shape index (κ1) is 14.2. The second kappa shape index (κ2) is 6.74. The van der Waals surface area contributed by atoms with Gasteiger partial charge < -0.3 is 5.11 Å². The van der Waals surface area contributed by atoms with E-state index in [1.807, 2.05) is 0 Å². The Morgan fingerprint density at radius 2 is 2.22 bits per heavy atom. The summed E-state index contributed by atoms with van der Waals surface area (Å²) in [5.41, 5.74) is 3.17. The Kier molecular flexibility index (Phi) is 5.31. The fraction of sp³-hybridized carbons (Fsp3) is 0.308. The molecule has 0 saturated carbocycles. The van der Waals surface area contributed by atoms with Crippen molar-refractivity contribution in [3.05, 3.63) is 35.1 Å². The van der Waals surface area contributed by atoms with Crippen LogP contribution >= 0.6 is 0 Å². The lowest BCUT2D eigenvalue weighted by Gasteiger charge is -2.12. The van der Waals surface area contributed by atoms with E-state index in [1.165, 1.54) is 23.2 Å². The van der Waals surface area contributed by atoms with Gasteiger partial charge in [0.1, 0.15) is 5.82 Å². The van der Waals surface area contributed by atoms with Gasteiger partial charge in [-0.3, -0.25) is 10.2 Å². The predicted octanol–water partition coefficient (Wildman–Crippen LogP) is 0.766. The van der Waals surface area contributed by atoms with Crippen LogP contribution in [0.5, 0.6) is 0 Å². The molecule has 0 aromatic heterocycles. The molecule has 0 radical (unpaired) electrons. The first-order valence-electron chi connectivity index (χ1n) is 5.42. The first-order chi connectivity index (χ1) is 8.54. The number of hydrogen-bond donors (Lipinski definition) is 2. The number of rotatable bonds is 3. The number of benzene rings is 1. The lowest BCUT2D eigenvalue weighted by Crippen LogP contribution is -2.36. The van der Waals surface area contributed by atoms with Crippen LogP contribution in [0.25, 0.3) is 0 Å². The Balaban J connectivity index is 3.04. The van der Waals surface area contributed by atoms with Gasteiger partial charge >= 0.3 is 0 Å². The molecule has 0 heterocycles. The molecule has 0 fully saturated rings. The molecule has 0 unspecified atom stereocenters. The van der Waals surface area contributed by atoms with Crippen molar-refractivity contribution < 1.29 is 14.3 Å². The van der Waals surface area contributed by atoms with Crippen LogP contribution in [0.1, 0.15) is 22.3 Å². The van der Waals surface area contributed by atoms with Crippen LogP contribution in [-0.4, -0.2) is 36.7 Å². The molecule has 96 valence electrons. The maximum atomic E-state index is 13.1. The van der Waals surface area contributed by atoms with Crippen molar-refractivity contribution in [1.29, 1.82) is 0 Å². The molecule has 1 aromatic carbocycles. The summed E-state index contributed by atoms with van der Waals surface area (Å²) in [5.74, 6) is 4.54. The van der Waals surface area contributed by atoms with Gasteiger partial charge in [0, 0.05) is 26.1 Å². The van der Waals surface area contributed by atoms with Crippen molar-refractivity contribution >= 4 is 5.91 Å². The number of aliphatic hydroxyl groups is 1. The van der Waals surface area contributed by atoms with E-state index >= 15 is 0 Å². The minimum absolute atomic E-state index is 0.0679. The number of aliphatic hydroxyl groups excluding tert-OH is 1. The lowest BCUT2D eigenvalue weighted by molar-refractivity contribution is 0.0856. The van der Waals surface area contributed by atoms with E-state index in [-0.39, 0.29) is 18.9 Å². The Morgan fingerprint density at radius 3 is 2.83 bits per heavy atom. The Labute approximate surface area is 105 Å². The molecular weight excluding hydrogens is 235 g/mol. The van der Waals surface area contributed by atoms with Gasteiger partial charge in [0.2, 0.25) is 0 Å². The number of hydrazine groups is 1. The monoisotopic (exact) mass is 250 g/mol. The lowest BCUT2D eigenvalue weighted by atomic mass is 10.1. The maximum absolute atomic E-state index is 13.1. The summed E-state index contributed by atoms with van der Waals surface area (Å²) >= 11 is 0. The van der Waals surface area contributed by atoms with Gasteiger partial charge in [-0.2, -0.15) is 0 Å². The number of amides is 1. The first-order valence-corrected chi connectivity index (χ1v) is 5.42. The summed E-state index contributed by atoms with van der Waals surface area (Å²) in [6, 6.07) is 3.80. The molecule has 18 heavy (non-hydrogen) atoms. The number of halogens is 1. The molecular formula is C13H15FN2O2. The van der Waals surface area contributed by atoms with Crippen LogP contribution in [0.15, 0.2) is 18.2 Å². The van der Waals surface area contributed by atoms with Gasteiger partial charge in [-0.15, -0.1) is 0 Å². The number of carbonyl (C=O) groups excluding carboxylic acids is 1. The third-order valence-corrected chi connectivity index (χ3v) is 2.01. The summed E-state index contributed by atoms with van der Waals surface area (Å²) in [6.07, 6.45) is 0.283. The predicted molar refractivity (Wildman–Crippen MR) is 66.1 cm³/mol. The number of nitrogens with one attached hydrogen (secondary N) is 1. The van der Waals surface area contributed by atoms with Crippen LogP contribution < -0.4 is 5.43 Å². The fourth-order valence-electron chi connectivity index (χ4n) is 1.29. The Morgan fingerprint density at radius 1 is 1.50 bits per heavy atom. The van der Waals surface area contributed by atoms with Crippen LogP contribution in [0, 0.1) is 17.7 Å². The second-order valence-corrected chi connectivity index (χ2v) is 3.80. The van der Waals surface area contributed by atoms with Gasteiger partial charge in [0.15, 0.2) is 0 Å². The molecule has 0 spiro atoms. The minimum Gasteiger partial charge on any atom is -0.395 e. The standard InChI is InChI=1S/C13H15FN2O2/c1-16(2)15-13(18)12-7-6-11(14)9-10(12)5-3-4-8-17/h6-7,9,17H,4,8H2,1-2H3,(H,15,18). The second-order valence-electron chi connectivity index (χ2n) is 3.80. The summed E-state index contributed by atoms with van der Waals surface area (Å²) in [4.78, 5) is 11.8. The van der Waals surface area contributed by atoms with Gasteiger partial charge in [-0.05, 0) is 18.2 Å². The van der Waals surface area contributed by atoms with Crippen LogP contribution in [0.3, 0.4) is 0 Å². The summed E-state index contributed by atoms with van der Waals surface area (Å²) in [5, 5.41) is 10.1. The zero-order chi connectivity index (χ0) is 13.5. The average Bonchev–Trinajstić information content (AvgIpc) is 2.28. The van der Waals surface area contributed by atoms with Crippen LogP contribution in [0.4, 0.5) is 4.39 Å².